The Kier molecular flexibility index (Phi) is 4.28. The zero-order chi connectivity index (χ0) is 16.4. The van der Waals surface area contributed by atoms with Gasteiger partial charge in [0.05, 0.1) is 12.5 Å². The lowest BCUT2D eigenvalue weighted by atomic mass is 9.87. The summed E-state index contributed by atoms with van der Waals surface area (Å²) in [6.45, 7) is 2.80. The Labute approximate surface area is 136 Å². The van der Waals surface area contributed by atoms with Crippen LogP contribution in [0.2, 0.25) is 0 Å². The lowest BCUT2D eigenvalue weighted by Crippen LogP contribution is -2.36. The molecule has 1 heterocycles. The Morgan fingerprint density at radius 2 is 2.22 bits per heavy atom. The number of nitrogens with one attached hydrogen (secondary N) is 1. The fourth-order valence-electron chi connectivity index (χ4n) is 3.71. The molecule has 2 N–H and O–H groups in total. The SMILES string of the molecule is CCCC(CNC(=O)[C@@H]1C[C@]12CCOc1ccccc12)C(=O)O. The van der Waals surface area contributed by atoms with Gasteiger partial charge in [0.15, 0.2) is 0 Å². The lowest BCUT2D eigenvalue weighted by Gasteiger charge is -2.26. The minimum Gasteiger partial charge on any atom is -0.493 e. The van der Waals surface area contributed by atoms with Crippen LogP contribution >= 0.6 is 0 Å². The molecule has 2 aliphatic rings. The number of fused-ring (bicyclic) bond motifs is 2. The molecule has 1 aromatic rings. The summed E-state index contributed by atoms with van der Waals surface area (Å²) in [5.41, 5.74) is 1.01. The van der Waals surface area contributed by atoms with Crippen LogP contribution in [0.5, 0.6) is 5.75 Å². The standard InChI is InChI=1S/C18H23NO4/c1-2-5-12(17(21)22)11-19-16(20)14-10-18(14)8-9-23-15-7-4-3-6-13(15)18/h3-4,6-7,12,14H,2,5,8-11H2,1H3,(H,19,20)(H,21,22)/t12?,14-,18-/m0/s1. The number of carbonyl (C=O) groups is 2. The minimum absolute atomic E-state index is 0.0240. The highest BCUT2D eigenvalue weighted by Gasteiger charge is 2.60. The number of carbonyl (C=O) groups excluding carboxylic acids is 1. The van der Waals surface area contributed by atoms with E-state index in [0.717, 1.165) is 30.6 Å². The van der Waals surface area contributed by atoms with Crippen molar-refractivity contribution in [2.24, 2.45) is 11.8 Å². The van der Waals surface area contributed by atoms with Crippen LogP contribution in [0.4, 0.5) is 0 Å². The van der Waals surface area contributed by atoms with Gasteiger partial charge >= 0.3 is 5.97 Å². The number of hydrogen-bond acceptors (Lipinski definition) is 3. The first-order valence-corrected chi connectivity index (χ1v) is 8.31. The largest absolute Gasteiger partial charge is 0.493 e. The summed E-state index contributed by atoms with van der Waals surface area (Å²) in [5.74, 6) is -0.550. The van der Waals surface area contributed by atoms with Crippen LogP contribution in [-0.4, -0.2) is 30.1 Å². The van der Waals surface area contributed by atoms with E-state index in [-0.39, 0.29) is 23.8 Å². The molecule has 0 saturated heterocycles. The summed E-state index contributed by atoms with van der Waals surface area (Å²) >= 11 is 0. The number of carboxylic acid groups (broad SMARTS) is 1. The maximum absolute atomic E-state index is 12.5. The summed E-state index contributed by atoms with van der Waals surface area (Å²) < 4.78 is 5.68. The molecule has 23 heavy (non-hydrogen) atoms. The first kappa shape index (κ1) is 15.8. The summed E-state index contributed by atoms with van der Waals surface area (Å²) in [7, 11) is 0. The van der Waals surface area contributed by atoms with Gasteiger partial charge in [-0.25, -0.2) is 0 Å². The van der Waals surface area contributed by atoms with Crippen molar-refractivity contribution < 1.29 is 19.4 Å². The zero-order valence-corrected chi connectivity index (χ0v) is 13.4. The zero-order valence-electron chi connectivity index (χ0n) is 13.4. The highest BCUT2D eigenvalue weighted by molar-refractivity contribution is 5.85. The second-order valence-electron chi connectivity index (χ2n) is 6.58. The van der Waals surface area contributed by atoms with E-state index in [4.69, 9.17) is 4.74 Å². The fraction of sp³-hybridized carbons (Fsp3) is 0.556. The molecule has 0 bridgehead atoms. The number of aliphatic carboxylic acids is 1. The fourth-order valence-corrected chi connectivity index (χ4v) is 3.71. The van der Waals surface area contributed by atoms with Gasteiger partial charge in [-0.15, -0.1) is 0 Å². The Balaban J connectivity index is 1.64. The normalized spacial score (nSPS) is 26.0. The molecule has 0 radical (unpaired) electrons. The van der Waals surface area contributed by atoms with Gasteiger partial charge in [-0.05, 0) is 25.3 Å². The third-order valence-electron chi connectivity index (χ3n) is 5.13. The smallest absolute Gasteiger partial charge is 0.308 e. The minimum atomic E-state index is -0.839. The third kappa shape index (κ3) is 2.92. The van der Waals surface area contributed by atoms with Crippen molar-refractivity contribution in [2.45, 2.75) is 38.0 Å². The molecule has 1 saturated carbocycles. The number of hydrogen-bond donors (Lipinski definition) is 2. The highest BCUT2D eigenvalue weighted by atomic mass is 16.5. The van der Waals surface area contributed by atoms with Crippen LogP contribution in [0, 0.1) is 11.8 Å². The molecule has 1 amide bonds. The first-order valence-electron chi connectivity index (χ1n) is 8.31. The Morgan fingerprint density at radius 1 is 1.43 bits per heavy atom. The van der Waals surface area contributed by atoms with Crippen LogP contribution in [0.3, 0.4) is 0 Å². The third-order valence-corrected chi connectivity index (χ3v) is 5.13. The quantitative estimate of drug-likeness (QED) is 0.844. The summed E-state index contributed by atoms with van der Waals surface area (Å²) in [4.78, 5) is 23.7. The number of para-hydroxylation sites is 1. The molecule has 1 aliphatic carbocycles. The van der Waals surface area contributed by atoms with Gasteiger partial charge < -0.3 is 15.2 Å². The predicted molar refractivity (Wildman–Crippen MR) is 85.4 cm³/mol. The van der Waals surface area contributed by atoms with Gasteiger partial charge in [-0.2, -0.15) is 0 Å². The van der Waals surface area contributed by atoms with E-state index in [2.05, 4.69) is 5.32 Å². The molecule has 124 valence electrons. The average molecular weight is 317 g/mol. The van der Waals surface area contributed by atoms with E-state index in [9.17, 15) is 14.7 Å². The molecule has 5 nitrogen and oxygen atoms in total. The Hall–Kier alpha value is -2.04. The second-order valence-corrected chi connectivity index (χ2v) is 6.58. The molecule has 1 spiro atoms. The van der Waals surface area contributed by atoms with Crippen LogP contribution in [0.1, 0.15) is 38.2 Å². The topological polar surface area (TPSA) is 75.6 Å². The number of rotatable bonds is 6. The Bertz CT molecular complexity index is 615. The molecule has 0 aromatic heterocycles. The maximum atomic E-state index is 12.5. The Morgan fingerprint density at radius 3 is 2.96 bits per heavy atom. The summed E-state index contributed by atoms with van der Waals surface area (Å²) in [6.07, 6.45) is 3.05. The maximum Gasteiger partial charge on any atom is 0.308 e. The van der Waals surface area contributed by atoms with Crippen LogP contribution < -0.4 is 10.1 Å². The van der Waals surface area contributed by atoms with E-state index < -0.39 is 11.9 Å². The van der Waals surface area contributed by atoms with Crippen molar-refractivity contribution in [1.29, 1.82) is 0 Å². The van der Waals surface area contributed by atoms with Crippen LogP contribution in [0.25, 0.3) is 0 Å². The van der Waals surface area contributed by atoms with Gasteiger partial charge in [-0.1, -0.05) is 31.5 Å². The van der Waals surface area contributed by atoms with Crippen LogP contribution in [-0.2, 0) is 15.0 Å². The summed E-state index contributed by atoms with van der Waals surface area (Å²) in [6, 6.07) is 7.91. The average Bonchev–Trinajstić information content (AvgIpc) is 3.26. The van der Waals surface area contributed by atoms with Crippen molar-refractivity contribution in [3.05, 3.63) is 29.8 Å². The molecule has 1 fully saturated rings. The van der Waals surface area contributed by atoms with E-state index in [0.29, 0.717) is 13.0 Å². The molecule has 1 aromatic carbocycles. The predicted octanol–water partition coefficient (Wildman–Crippen LogP) is 2.34. The van der Waals surface area contributed by atoms with Crippen LogP contribution in [0.15, 0.2) is 24.3 Å². The molecule has 5 heteroatoms. The molecule has 1 unspecified atom stereocenters. The van der Waals surface area contributed by atoms with E-state index in [1.165, 1.54) is 0 Å². The first-order chi connectivity index (χ1) is 11.1. The van der Waals surface area contributed by atoms with Gasteiger partial charge in [0.2, 0.25) is 5.91 Å². The second kappa shape index (κ2) is 6.22. The monoisotopic (exact) mass is 317 g/mol. The molecular formula is C18H23NO4. The number of carboxylic acids is 1. The van der Waals surface area contributed by atoms with Crippen molar-refractivity contribution in [1.82, 2.24) is 5.32 Å². The van der Waals surface area contributed by atoms with Crippen molar-refractivity contribution in [2.75, 3.05) is 13.2 Å². The molecule has 1 aliphatic heterocycles. The van der Waals surface area contributed by atoms with Gasteiger partial charge in [0, 0.05) is 23.4 Å². The van der Waals surface area contributed by atoms with Crippen molar-refractivity contribution in [3.8, 4) is 5.75 Å². The van der Waals surface area contributed by atoms with Gasteiger partial charge in [-0.3, -0.25) is 9.59 Å². The van der Waals surface area contributed by atoms with E-state index in [1.54, 1.807) is 0 Å². The molecule has 3 atom stereocenters. The molecule has 3 rings (SSSR count). The number of ether oxygens (including phenoxy) is 1. The van der Waals surface area contributed by atoms with E-state index >= 15 is 0 Å². The van der Waals surface area contributed by atoms with Gasteiger partial charge in [0.25, 0.3) is 0 Å². The lowest BCUT2D eigenvalue weighted by molar-refractivity contribution is -0.142. The number of amides is 1. The van der Waals surface area contributed by atoms with Gasteiger partial charge in [0.1, 0.15) is 5.75 Å². The van der Waals surface area contributed by atoms with E-state index in [1.807, 2.05) is 31.2 Å². The van der Waals surface area contributed by atoms with Crippen molar-refractivity contribution in [3.63, 3.8) is 0 Å². The highest BCUT2D eigenvalue weighted by Crippen LogP contribution is 2.60. The number of benzene rings is 1. The van der Waals surface area contributed by atoms with Crippen molar-refractivity contribution >= 4 is 11.9 Å². The molecular weight excluding hydrogens is 294 g/mol. The summed E-state index contributed by atoms with van der Waals surface area (Å²) in [5, 5.41) is 12.0.